The van der Waals surface area contributed by atoms with Gasteiger partial charge in [0.25, 0.3) is 0 Å². The van der Waals surface area contributed by atoms with E-state index in [4.69, 9.17) is 0 Å². The molecule has 3 heteroatoms. The fourth-order valence-electron chi connectivity index (χ4n) is 2.08. The topological polar surface area (TPSA) is 28.2 Å². The maximum Gasteiger partial charge on any atom is 0.125 e. The Morgan fingerprint density at radius 2 is 2.36 bits per heavy atom. The Morgan fingerprint density at radius 1 is 1.50 bits per heavy atom. The second-order valence-corrected chi connectivity index (χ2v) is 3.87. The molecule has 1 aliphatic rings. The fourth-order valence-corrected chi connectivity index (χ4v) is 2.08. The van der Waals surface area contributed by atoms with E-state index in [-0.39, 0.29) is 0 Å². The third-order valence-corrected chi connectivity index (χ3v) is 2.95. The van der Waals surface area contributed by atoms with Crippen molar-refractivity contribution in [1.29, 1.82) is 0 Å². The molecule has 1 aliphatic heterocycles. The molecule has 1 fully saturated rings. The molecule has 0 radical (unpaired) electrons. The number of rotatable bonds is 2. The lowest BCUT2D eigenvalue weighted by Gasteiger charge is -2.19. The van der Waals surface area contributed by atoms with Crippen LogP contribution in [-0.2, 0) is 0 Å². The molecular formula is C11H17N3. The highest BCUT2D eigenvalue weighted by atomic mass is 15.1. The Balaban J connectivity index is 2.16. The molecule has 0 saturated carbocycles. The Morgan fingerprint density at radius 3 is 2.86 bits per heavy atom. The minimum atomic E-state index is 0.577. The summed E-state index contributed by atoms with van der Waals surface area (Å²) in [6.07, 6.45) is 4.55. The second-order valence-electron chi connectivity index (χ2n) is 3.87. The lowest BCUT2D eigenvalue weighted by atomic mass is 10.1. The highest BCUT2D eigenvalue weighted by Crippen LogP contribution is 2.29. The standard InChI is InChI=1S/C11H17N3/c1-12-11-6-5-9(8-13-11)10-4-3-7-14(10)2/h5-6,8,10H,3-4,7H2,1-2H3,(H,12,13)/t10-/m1/s1. The van der Waals surface area contributed by atoms with E-state index in [0.717, 1.165) is 5.82 Å². The molecule has 3 nitrogen and oxygen atoms in total. The number of nitrogens with zero attached hydrogens (tertiary/aromatic N) is 2. The number of pyridine rings is 1. The van der Waals surface area contributed by atoms with Crippen LogP contribution in [0.1, 0.15) is 24.4 Å². The molecule has 0 spiro atoms. The number of anilines is 1. The monoisotopic (exact) mass is 191 g/mol. The Bertz CT molecular complexity index is 294. The van der Waals surface area contributed by atoms with E-state index in [1.807, 2.05) is 19.3 Å². The van der Waals surface area contributed by atoms with Crippen LogP contribution in [0.2, 0.25) is 0 Å². The van der Waals surface area contributed by atoms with Gasteiger partial charge in [0.15, 0.2) is 0 Å². The summed E-state index contributed by atoms with van der Waals surface area (Å²) in [7, 11) is 4.08. The van der Waals surface area contributed by atoms with E-state index >= 15 is 0 Å². The third-order valence-electron chi connectivity index (χ3n) is 2.95. The van der Waals surface area contributed by atoms with Gasteiger partial charge in [0, 0.05) is 19.3 Å². The average Bonchev–Trinajstić information content (AvgIpc) is 2.65. The van der Waals surface area contributed by atoms with E-state index in [1.165, 1.54) is 24.9 Å². The summed E-state index contributed by atoms with van der Waals surface area (Å²) >= 11 is 0. The maximum atomic E-state index is 4.34. The van der Waals surface area contributed by atoms with Gasteiger partial charge in [-0.1, -0.05) is 6.07 Å². The number of hydrogen-bond donors (Lipinski definition) is 1. The van der Waals surface area contributed by atoms with Crippen molar-refractivity contribution >= 4 is 5.82 Å². The Hall–Kier alpha value is -1.09. The molecule has 0 aromatic carbocycles. The number of nitrogens with one attached hydrogen (secondary N) is 1. The smallest absolute Gasteiger partial charge is 0.125 e. The first-order valence-electron chi connectivity index (χ1n) is 5.15. The summed E-state index contributed by atoms with van der Waals surface area (Å²) < 4.78 is 0. The van der Waals surface area contributed by atoms with Crippen molar-refractivity contribution in [1.82, 2.24) is 9.88 Å². The summed E-state index contributed by atoms with van der Waals surface area (Å²) in [5.74, 6) is 0.939. The van der Waals surface area contributed by atoms with E-state index in [1.54, 1.807) is 0 Å². The lowest BCUT2D eigenvalue weighted by Crippen LogP contribution is -2.17. The van der Waals surface area contributed by atoms with Crippen LogP contribution in [0.3, 0.4) is 0 Å². The average molecular weight is 191 g/mol. The molecule has 0 unspecified atom stereocenters. The molecule has 1 N–H and O–H groups in total. The molecule has 0 bridgehead atoms. The molecular weight excluding hydrogens is 174 g/mol. The van der Waals surface area contributed by atoms with Crippen LogP contribution in [0.15, 0.2) is 18.3 Å². The van der Waals surface area contributed by atoms with E-state index < -0.39 is 0 Å². The highest BCUT2D eigenvalue weighted by molar-refractivity contribution is 5.35. The van der Waals surface area contributed by atoms with Crippen molar-refractivity contribution < 1.29 is 0 Å². The first kappa shape index (κ1) is 9.46. The van der Waals surface area contributed by atoms with Crippen molar-refractivity contribution in [2.45, 2.75) is 18.9 Å². The van der Waals surface area contributed by atoms with Gasteiger partial charge in [-0.05, 0) is 38.1 Å². The largest absolute Gasteiger partial charge is 0.373 e. The summed E-state index contributed by atoms with van der Waals surface area (Å²) in [6.45, 7) is 1.21. The van der Waals surface area contributed by atoms with Crippen LogP contribution in [0.25, 0.3) is 0 Å². The van der Waals surface area contributed by atoms with Crippen LogP contribution in [0, 0.1) is 0 Å². The van der Waals surface area contributed by atoms with Gasteiger partial charge in [-0.15, -0.1) is 0 Å². The Labute approximate surface area is 85.1 Å². The summed E-state index contributed by atoms with van der Waals surface area (Å²) in [5, 5.41) is 3.03. The quantitative estimate of drug-likeness (QED) is 0.773. The van der Waals surface area contributed by atoms with Crippen LogP contribution in [-0.4, -0.2) is 30.5 Å². The van der Waals surface area contributed by atoms with Crippen molar-refractivity contribution in [3.63, 3.8) is 0 Å². The predicted molar refractivity (Wildman–Crippen MR) is 58.4 cm³/mol. The van der Waals surface area contributed by atoms with Crippen molar-refractivity contribution in [2.24, 2.45) is 0 Å². The summed E-state index contributed by atoms with van der Waals surface area (Å²) in [5.41, 5.74) is 1.34. The number of hydrogen-bond acceptors (Lipinski definition) is 3. The van der Waals surface area contributed by atoms with Crippen LogP contribution in [0.5, 0.6) is 0 Å². The van der Waals surface area contributed by atoms with Crippen molar-refractivity contribution in [2.75, 3.05) is 26.0 Å². The molecule has 0 aliphatic carbocycles. The molecule has 1 aromatic rings. The molecule has 14 heavy (non-hydrogen) atoms. The minimum Gasteiger partial charge on any atom is -0.373 e. The first-order chi connectivity index (χ1) is 6.81. The molecule has 2 rings (SSSR count). The zero-order chi connectivity index (χ0) is 9.97. The lowest BCUT2D eigenvalue weighted by molar-refractivity contribution is 0.317. The van der Waals surface area contributed by atoms with Gasteiger partial charge in [0.2, 0.25) is 0 Å². The molecule has 1 aromatic heterocycles. The van der Waals surface area contributed by atoms with Gasteiger partial charge >= 0.3 is 0 Å². The maximum absolute atomic E-state index is 4.34. The van der Waals surface area contributed by atoms with Gasteiger partial charge in [-0.25, -0.2) is 4.98 Å². The minimum absolute atomic E-state index is 0.577. The number of likely N-dealkylation sites (tertiary alicyclic amines) is 1. The van der Waals surface area contributed by atoms with E-state index in [2.05, 4.69) is 28.3 Å². The highest BCUT2D eigenvalue weighted by Gasteiger charge is 2.22. The Kier molecular flexibility index (Phi) is 2.68. The van der Waals surface area contributed by atoms with Crippen LogP contribution >= 0.6 is 0 Å². The first-order valence-corrected chi connectivity index (χ1v) is 5.15. The molecule has 1 saturated heterocycles. The van der Waals surface area contributed by atoms with Crippen LogP contribution < -0.4 is 5.32 Å². The van der Waals surface area contributed by atoms with Gasteiger partial charge in [-0.2, -0.15) is 0 Å². The van der Waals surface area contributed by atoms with Gasteiger partial charge in [0.05, 0.1) is 0 Å². The summed E-state index contributed by atoms with van der Waals surface area (Å²) in [6, 6.07) is 4.79. The predicted octanol–water partition coefficient (Wildman–Crippen LogP) is 1.89. The zero-order valence-electron chi connectivity index (χ0n) is 8.83. The van der Waals surface area contributed by atoms with E-state index in [9.17, 15) is 0 Å². The van der Waals surface area contributed by atoms with Crippen molar-refractivity contribution in [3.05, 3.63) is 23.9 Å². The third kappa shape index (κ3) is 1.73. The van der Waals surface area contributed by atoms with Gasteiger partial charge in [-0.3, -0.25) is 4.90 Å². The molecule has 0 amide bonds. The summed E-state index contributed by atoms with van der Waals surface area (Å²) in [4.78, 5) is 6.74. The second kappa shape index (κ2) is 3.96. The zero-order valence-corrected chi connectivity index (χ0v) is 8.83. The molecule has 2 heterocycles. The molecule has 76 valence electrons. The van der Waals surface area contributed by atoms with E-state index in [0.29, 0.717) is 6.04 Å². The number of aromatic nitrogens is 1. The van der Waals surface area contributed by atoms with Gasteiger partial charge in [0.1, 0.15) is 5.82 Å². The SMILES string of the molecule is CNc1ccc([C@H]2CCCN2C)cn1. The van der Waals surface area contributed by atoms with Crippen molar-refractivity contribution in [3.8, 4) is 0 Å². The van der Waals surface area contributed by atoms with Crippen LogP contribution in [0.4, 0.5) is 5.82 Å². The fraction of sp³-hybridized carbons (Fsp3) is 0.545. The van der Waals surface area contributed by atoms with Gasteiger partial charge < -0.3 is 5.32 Å². The molecule has 1 atom stereocenters. The normalized spacial score (nSPS) is 22.6.